The molecule has 0 saturated heterocycles. The summed E-state index contributed by atoms with van der Waals surface area (Å²) in [7, 11) is 0. The molecule has 1 N–H and O–H groups in total. The van der Waals surface area contributed by atoms with Gasteiger partial charge in [0.05, 0.1) is 0 Å². The van der Waals surface area contributed by atoms with Crippen LogP contribution in [-0.2, 0) is 11.3 Å². The third kappa shape index (κ3) is 2.79. The number of carboxylic acid groups (broad SMARTS) is 1. The predicted molar refractivity (Wildman–Crippen MR) is 75.4 cm³/mol. The van der Waals surface area contributed by atoms with Crippen molar-refractivity contribution in [2.24, 2.45) is 0 Å². The van der Waals surface area contributed by atoms with Crippen molar-refractivity contribution in [1.29, 1.82) is 0 Å². The van der Waals surface area contributed by atoms with E-state index in [0.717, 1.165) is 9.58 Å². The molecule has 2 aromatic heterocycles. The molecule has 106 valence electrons. The van der Waals surface area contributed by atoms with Gasteiger partial charge in [0.2, 0.25) is 0 Å². The quantitative estimate of drug-likeness (QED) is 0.727. The van der Waals surface area contributed by atoms with Gasteiger partial charge in [0, 0.05) is 11.0 Å². The number of fused-ring (bicyclic) bond motifs is 1. The second-order valence-corrected chi connectivity index (χ2v) is 5.30. The van der Waals surface area contributed by atoms with Crippen molar-refractivity contribution in [3.63, 3.8) is 0 Å². The fraction of sp³-hybridized carbons (Fsp3) is 0.0769. The molecule has 0 aliphatic heterocycles. The fourth-order valence-electron chi connectivity index (χ4n) is 1.80. The zero-order valence-corrected chi connectivity index (χ0v) is 11.5. The van der Waals surface area contributed by atoms with Crippen LogP contribution in [0.3, 0.4) is 0 Å². The van der Waals surface area contributed by atoms with Crippen LogP contribution in [0.4, 0.5) is 0 Å². The van der Waals surface area contributed by atoms with Crippen molar-refractivity contribution in [2.75, 3.05) is 0 Å². The van der Waals surface area contributed by atoms with E-state index in [1.807, 2.05) is 30.3 Å². The number of carbonyl (C=O) groups is 1. The van der Waals surface area contributed by atoms with Crippen LogP contribution in [0.15, 0.2) is 57.4 Å². The van der Waals surface area contributed by atoms with Crippen molar-refractivity contribution in [3.8, 4) is 0 Å². The molecule has 2 heterocycles. The van der Waals surface area contributed by atoms with Crippen LogP contribution in [-0.4, -0.2) is 30.2 Å². The molecule has 0 radical (unpaired) electrons. The highest BCUT2D eigenvalue weighted by molar-refractivity contribution is 7.99. The third-order valence-electron chi connectivity index (χ3n) is 2.70. The summed E-state index contributed by atoms with van der Waals surface area (Å²) >= 11 is 1.44. The van der Waals surface area contributed by atoms with Gasteiger partial charge in [-0.05, 0) is 12.1 Å². The maximum atomic E-state index is 11.9. The van der Waals surface area contributed by atoms with Gasteiger partial charge in [-0.25, -0.2) is 18.9 Å². The molecule has 8 heteroatoms. The van der Waals surface area contributed by atoms with Gasteiger partial charge in [-0.15, -0.1) is 5.10 Å². The molecule has 0 fully saturated rings. The maximum absolute atomic E-state index is 11.9. The molecule has 0 bridgehead atoms. The Labute approximate surface area is 122 Å². The average Bonchev–Trinajstić information content (AvgIpc) is 2.75. The van der Waals surface area contributed by atoms with Crippen LogP contribution in [0, 0.1) is 0 Å². The van der Waals surface area contributed by atoms with E-state index in [1.54, 1.807) is 6.07 Å². The molecule has 0 spiro atoms. The number of benzene rings is 1. The van der Waals surface area contributed by atoms with E-state index in [2.05, 4.69) is 10.1 Å². The van der Waals surface area contributed by atoms with E-state index in [0.29, 0.717) is 10.7 Å². The predicted octanol–water partition coefficient (Wildman–Crippen LogP) is 1.13. The zero-order chi connectivity index (χ0) is 14.8. The fourth-order valence-corrected chi connectivity index (χ4v) is 2.60. The Kier molecular flexibility index (Phi) is 3.44. The van der Waals surface area contributed by atoms with E-state index in [1.165, 1.54) is 22.5 Å². The number of aliphatic carboxylic acids is 1. The van der Waals surface area contributed by atoms with Crippen LogP contribution >= 0.6 is 11.8 Å². The second kappa shape index (κ2) is 5.41. The van der Waals surface area contributed by atoms with E-state index in [9.17, 15) is 9.59 Å². The van der Waals surface area contributed by atoms with Crippen molar-refractivity contribution in [1.82, 2.24) is 19.2 Å². The molecular weight excluding hydrogens is 292 g/mol. The average molecular weight is 302 g/mol. The number of rotatable bonds is 4. The highest BCUT2D eigenvalue weighted by Crippen LogP contribution is 2.25. The smallest absolute Gasteiger partial charge is 0.352 e. The van der Waals surface area contributed by atoms with Crippen molar-refractivity contribution >= 4 is 23.4 Å². The monoisotopic (exact) mass is 302 g/mol. The number of nitrogens with zero attached hydrogens (tertiary/aromatic N) is 4. The van der Waals surface area contributed by atoms with E-state index >= 15 is 0 Å². The molecule has 0 unspecified atom stereocenters. The first-order valence-electron chi connectivity index (χ1n) is 6.03. The van der Waals surface area contributed by atoms with Crippen molar-refractivity contribution in [2.45, 2.75) is 16.5 Å². The summed E-state index contributed by atoms with van der Waals surface area (Å²) in [6.45, 7) is -0.471. The van der Waals surface area contributed by atoms with Gasteiger partial charge in [-0.1, -0.05) is 30.0 Å². The van der Waals surface area contributed by atoms with Gasteiger partial charge in [-0.3, -0.25) is 4.79 Å². The minimum Gasteiger partial charge on any atom is -0.480 e. The number of hydrogen-bond acceptors (Lipinski definition) is 5. The highest BCUT2D eigenvalue weighted by atomic mass is 32.2. The van der Waals surface area contributed by atoms with Gasteiger partial charge in [0.1, 0.15) is 17.9 Å². The summed E-state index contributed by atoms with van der Waals surface area (Å²) in [5.74, 6) is -1.12. The summed E-state index contributed by atoms with van der Waals surface area (Å²) in [5.41, 5.74) is -0.147. The molecule has 0 saturated carbocycles. The first kappa shape index (κ1) is 13.4. The molecule has 21 heavy (non-hydrogen) atoms. The molecule has 3 rings (SSSR count). The summed E-state index contributed by atoms with van der Waals surface area (Å²) in [4.78, 5) is 27.8. The molecular formula is C13H10N4O3S. The number of carboxylic acids is 1. The van der Waals surface area contributed by atoms with Crippen LogP contribution in [0.25, 0.3) is 5.65 Å². The lowest BCUT2D eigenvalue weighted by atomic mass is 10.4. The lowest BCUT2D eigenvalue weighted by Crippen LogP contribution is -2.24. The Morgan fingerprint density at radius 3 is 2.76 bits per heavy atom. The summed E-state index contributed by atoms with van der Waals surface area (Å²) in [6, 6.07) is 11.3. The topological polar surface area (TPSA) is 89.5 Å². The third-order valence-corrected chi connectivity index (χ3v) is 3.64. The SMILES string of the molecule is O=C(O)Cn1nc2cc(Sc3ccccc3)ncn2c1=O. The van der Waals surface area contributed by atoms with Gasteiger partial charge < -0.3 is 5.11 Å². The minimum atomic E-state index is -1.12. The summed E-state index contributed by atoms with van der Waals surface area (Å²) in [6.07, 6.45) is 1.36. The first-order valence-corrected chi connectivity index (χ1v) is 6.85. The van der Waals surface area contributed by atoms with Gasteiger partial charge in [0.25, 0.3) is 0 Å². The zero-order valence-electron chi connectivity index (χ0n) is 10.7. The van der Waals surface area contributed by atoms with Gasteiger partial charge in [-0.2, -0.15) is 0 Å². The Hall–Kier alpha value is -2.61. The number of hydrogen-bond donors (Lipinski definition) is 1. The van der Waals surface area contributed by atoms with Crippen LogP contribution in [0.2, 0.25) is 0 Å². The Morgan fingerprint density at radius 2 is 2.05 bits per heavy atom. The molecule has 1 aromatic carbocycles. The number of aromatic nitrogens is 4. The van der Waals surface area contributed by atoms with Gasteiger partial charge in [0.15, 0.2) is 5.65 Å². The van der Waals surface area contributed by atoms with Gasteiger partial charge >= 0.3 is 11.7 Å². The lowest BCUT2D eigenvalue weighted by Gasteiger charge is -1.99. The lowest BCUT2D eigenvalue weighted by molar-refractivity contribution is -0.137. The van der Waals surface area contributed by atoms with Crippen LogP contribution < -0.4 is 5.69 Å². The standard InChI is InChI=1S/C13H10N4O3S/c18-12(19)7-17-13(20)16-8-14-11(6-10(16)15-17)21-9-4-2-1-3-5-9/h1-6,8H,7H2,(H,18,19). The Balaban J connectivity index is 1.97. The van der Waals surface area contributed by atoms with Crippen LogP contribution in [0.1, 0.15) is 0 Å². The summed E-state index contributed by atoms with van der Waals surface area (Å²) < 4.78 is 2.12. The summed E-state index contributed by atoms with van der Waals surface area (Å²) in [5, 5.41) is 13.4. The van der Waals surface area contributed by atoms with E-state index < -0.39 is 18.2 Å². The van der Waals surface area contributed by atoms with Crippen molar-refractivity contribution < 1.29 is 9.90 Å². The molecule has 0 aliphatic rings. The molecule has 7 nitrogen and oxygen atoms in total. The minimum absolute atomic E-state index is 0.370. The molecule has 0 aliphatic carbocycles. The second-order valence-electron chi connectivity index (χ2n) is 4.20. The molecule has 3 aromatic rings. The maximum Gasteiger partial charge on any atom is 0.352 e. The van der Waals surface area contributed by atoms with Crippen LogP contribution in [0.5, 0.6) is 0 Å². The van der Waals surface area contributed by atoms with Crippen molar-refractivity contribution in [3.05, 3.63) is 53.2 Å². The molecule has 0 atom stereocenters. The Morgan fingerprint density at radius 1 is 1.29 bits per heavy atom. The van der Waals surface area contributed by atoms with E-state index in [4.69, 9.17) is 5.11 Å². The highest BCUT2D eigenvalue weighted by Gasteiger charge is 2.11. The first-order chi connectivity index (χ1) is 10.1. The largest absolute Gasteiger partial charge is 0.480 e. The van der Waals surface area contributed by atoms with E-state index in [-0.39, 0.29) is 0 Å². The Bertz CT molecular complexity index is 857. The molecule has 0 amide bonds. The normalized spacial score (nSPS) is 10.9.